The van der Waals surface area contributed by atoms with Crippen LogP contribution < -0.4 is 10.1 Å². The van der Waals surface area contributed by atoms with Crippen LogP contribution in [-0.2, 0) is 4.79 Å². The highest BCUT2D eigenvalue weighted by Gasteiger charge is 2.22. The average Bonchev–Trinajstić information content (AvgIpc) is 2.37. The molecule has 2 N–H and O–H groups in total. The SMILES string of the molecule is O=C(CCCO)NC1CCOc2ccccc21. The molecule has 0 fully saturated rings. The third kappa shape index (κ3) is 2.97. The van der Waals surface area contributed by atoms with Crippen LogP contribution >= 0.6 is 0 Å². The summed E-state index contributed by atoms with van der Waals surface area (Å²) in [5.74, 6) is 0.840. The normalized spacial score (nSPS) is 18.1. The summed E-state index contributed by atoms with van der Waals surface area (Å²) in [6.07, 6.45) is 1.68. The summed E-state index contributed by atoms with van der Waals surface area (Å²) in [5, 5.41) is 11.7. The molecule has 0 saturated carbocycles. The molecule has 2 rings (SSSR count). The first-order valence-corrected chi connectivity index (χ1v) is 5.93. The highest BCUT2D eigenvalue weighted by Crippen LogP contribution is 2.31. The number of nitrogens with one attached hydrogen (secondary N) is 1. The van der Waals surface area contributed by atoms with E-state index in [0.717, 1.165) is 17.7 Å². The number of carbonyl (C=O) groups excluding carboxylic acids is 1. The molecule has 1 aromatic rings. The number of hydrogen-bond acceptors (Lipinski definition) is 3. The Morgan fingerprint density at radius 1 is 1.47 bits per heavy atom. The van der Waals surface area contributed by atoms with Crippen LogP contribution in [0.3, 0.4) is 0 Å². The van der Waals surface area contributed by atoms with Gasteiger partial charge in [-0.2, -0.15) is 0 Å². The number of ether oxygens (including phenoxy) is 1. The van der Waals surface area contributed by atoms with Gasteiger partial charge in [0.05, 0.1) is 12.6 Å². The molecule has 1 aliphatic heterocycles. The molecule has 0 bridgehead atoms. The molecular weight excluding hydrogens is 218 g/mol. The molecule has 0 radical (unpaired) electrons. The van der Waals surface area contributed by atoms with Crippen molar-refractivity contribution in [1.29, 1.82) is 0 Å². The van der Waals surface area contributed by atoms with E-state index in [1.807, 2.05) is 24.3 Å². The minimum Gasteiger partial charge on any atom is -0.493 e. The number of para-hydroxylation sites is 1. The van der Waals surface area contributed by atoms with Crippen molar-refractivity contribution in [3.63, 3.8) is 0 Å². The molecule has 1 unspecified atom stereocenters. The van der Waals surface area contributed by atoms with Gasteiger partial charge in [-0.25, -0.2) is 0 Å². The van der Waals surface area contributed by atoms with Gasteiger partial charge in [0, 0.05) is 25.0 Å². The molecule has 4 heteroatoms. The third-order valence-corrected chi connectivity index (χ3v) is 2.86. The smallest absolute Gasteiger partial charge is 0.220 e. The van der Waals surface area contributed by atoms with Crippen LogP contribution in [-0.4, -0.2) is 24.2 Å². The van der Waals surface area contributed by atoms with E-state index in [-0.39, 0.29) is 18.6 Å². The van der Waals surface area contributed by atoms with Gasteiger partial charge < -0.3 is 15.2 Å². The van der Waals surface area contributed by atoms with Gasteiger partial charge in [0.25, 0.3) is 0 Å². The lowest BCUT2D eigenvalue weighted by Gasteiger charge is -2.26. The van der Waals surface area contributed by atoms with E-state index in [0.29, 0.717) is 19.4 Å². The lowest BCUT2D eigenvalue weighted by atomic mass is 10.0. The zero-order valence-corrected chi connectivity index (χ0v) is 9.69. The highest BCUT2D eigenvalue weighted by molar-refractivity contribution is 5.76. The third-order valence-electron chi connectivity index (χ3n) is 2.86. The Morgan fingerprint density at radius 2 is 2.29 bits per heavy atom. The number of rotatable bonds is 4. The summed E-state index contributed by atoms with van der Waals surface area (Å²) in [7, 11) is 0. The standard InChI is InChI=1S/C13H17NO3/c15-8-3-6-13(16)14-11-7-9-17-12-5-2-1-4-10(11)12/h1-2,4-5,11,15H,3,6-9H2,(H,14,16). The molecule has 1 amide bonds. The van der Waals surface area contributed by atoms with Gasteiger partial charge in [0.1, 0.15) is 5.75 Å². The van der Waals surface area contributed by atoms with E-state index in [1.165, 1.54) is 0 Å². The van der Waals surface area contributed by atoms with Crippen LogP contribution in [0.15, 0.2) is 24.3 Å². The van der Waals surface area contributed by atoms with Crippen LogP contribution in [0.5, 0.6) is 5.75 Å². The van der Waals surface area contributed by atoms with Gasteiger partial charge in [0.15, 0.2) is 0 Å². The Labute approximate surface area is 101 Å². The predicted molar refractivity (Wildman–Crippen MR) is 63.8 cm³/mol. The number of carbonyl (C=O) groups is 1. The maximum Gasteiger partial charge on any atom is 0.220 e. The summed E-state index contributed by atoms with van der Waals surface area (Å²) in [5.41, 5.74) is 1.04. The first-order chi connectivity index (χ1) is 8.31. The van der Waals surface area contributed by atoms with Gasteiger partial charge in [0.2, 0.25) is 5.91 Å². The molecule has 1 aliphatic rings. The minimum absolute atomic E-state index is 0.0132. The predicted octanol–water partition coefficient (Wildman–Crippen LogP) is 1.40. The van der Waals surface area contributed by atoms with Gasteiger partial charge in [-0.05, 0) is 12.5 Å². The van der Waals surface area contributed by atoms with Gasteiger partial charge in [-0.3, -0.25) is 4.79 Å². The van der Waals surface area contributed by atoms with E-state index in [9.17, 15) is 4.79 Å². The van der Waals surface area contributed by atoms with Crippen molar-refractivity contribution in [3.8, 4) is 5.75 Å². The second-order valence-corrected chi connectivity index (χ2v) is 4.12. The van der Waals surface area contributed by atoms with Crippen LogP contribution in [0.25, 0.3) is 0 Å². The van der Waals surface area contributed by atoms with Crippen LogP contribution in [0.4, 0.5) is 0 Å². The molecule has 0 spiro atoms. The number of hydrogen-bond donors (Lipinski definition) is 2. The van der Waals surface area contributed by atoms with Crippen molar-refractivity contribution in [2.75, 3.05) is 13.2 Å². The van der Waals surface area contributed by atoms with E-state index in [4.69, 9.17) is 9.84 Å². The van der Waals surface area contributed by atoms with Crippen molar-refractivity contribution < 1.29 is 14.6 Å². The average molecular weight is 235 g/mol. The first-order valence-electron chi connectivity index (χ1n) is 5.93. The van der Waals surface area contributed by atoms with Crippen molar-refractivity contribution in [2.45, 2.75) is 25.3 Å². The Balaban J connectivity index is 2.01. The van der Waals surface area contributed by atoms with Gasteiger partial charge >= 0.3 is 0 Å². The number of aliphatic hydroxyl groups is 1. The molecule has 0 aliphatic carbocycles. The summed E-state index contributed by atoms with van der Waals surface area (Å²) >= 11 is 0. The maximum absolute atomic E-state index is 11.6. The lowest BCUT2D eigenvalue weighted by molar-refractivity contribution is -0.122. The Bertz CT molecular complexity index is 392. The van der Waals surface area contributed by atoms with Crippen molar-refractivity contribution in [3.05, 3.63) is 29.8 Å². The molecule has 0 aromatic heterocycles. The lowest BCUT2D eigenvalue weighted by Crippen LogP contribution is -2.32. The topological polar surface area (TPSA) is 58.6 Å². The van der Waals surface area contributed by atoms with Crippen molar-refractivity contribution >= 4 is 5.91 Å². The molecule has 92 valence electrons. The highest BCUT2D eigenvalue weighted by atomic mass is 16.5. The van der Waals surface area contributed by atoms with Crippen LogP contribution in [0, 0.1) is 0 Å². The second-order valence-electron chi connectivity index (χ2n) is 4.12. The molecule has 1 aromatic carbocycles. The fraction of sp³-hybridized carbons (Fsp3) is 0.462. The maximum atomic E-state index is 11.6. The molecule has 17 heavy (non-hydrogen) atoms. The fourth-order valence-corrected chi connectivity index (χ4v) is 2.00. The zero-order valence-electron chi connectivity index (χ0n) is 9.69. The van der Waals surface area contributed by atoms with E-state index in [1.54, 1.807) is 0 Å². The van der Waals surface area contributed by atoms with E-state index in [2.05, 4.69) is 5.32 Å². The first kappa shape index (κ1) is 11.9. The Kier molecular flexibility index (Phi) is 3.98. The van der Waals surface area contributed by atoms with E-state index < -0.39 is 0 Å². The molecule has 0 saturated heterocycles. The summed E-state index contributed by atoms with van der Waals surface area (Å²) < 4.78 is 5.53. The molecule has 1 atom stereocenters. The fourth-order valence-electron chi connectivity index (χ4n) is 2.00. The molecular formula is C13H17NO3. The zero-order chi connectivity index (χ0) is 12.1. The van der Waals surface area contributed by atoms with Crippen molar-refractivity contribution in [2.24, 2.45) is 0 Å². The Hall–Kier alpha value is -1.55. The quantitative estimate of drug-likeness (QED) is 0.829. The molecule has 1 heterocycles. The number of aliphatic hydroxyl groups excluding tert-OH is 1. The number of benzene rings is 1. The summed E-state index contributed by atoms with van der Waals surface area (Å²) in [6, 6.07) is 7.80. The second kappa shape index (κ2) is 5.68. The van der Waals surface area contributed by atoms with Gasteiger partial charge in [-0.15, -0.1) is 0 Å². The Morgan fingerprint density at radius 3 is 3.12 bits per heavy atom. The van der Waals surface area contributed by atoms with Gasteiger partial charge in [-0.1, -0.05) is 18.2 Å². The number of fused-ring (bicyclic) bond motifs is 1. The largest absolute Gasteiger partial charge is 0.493 e. The monoisotopic (exact) mass is 235 g/mol. The van der Waals surface area contributed by atoms with Crippen molar-refractivity contribution in [1.82, 2.24) is 5.32 Å². The minimum atomic E-state index is -0.0132. The summed E-state index contributed by atoms with van der Waals surface area (Å²) in [6.45, 7) is 0.680. The number of amides is 1. The molecule has 4 nitrogen and oxygen atoms in total. The summed E-state index contributed by atoms with van der Waals surface area (Å²) in [4.78, 5) is 11.6. The van der Waals surface area contributed by atoms with Crippen LogP contribution in [0.2, 0.25) is 0 Å². The van der Waals surface area contributed by atoms with Crippen LogP contribution in [0.1, 0.15) is 30.9 Å². The van der Waals surface area contributed by atoms with E-state index >= 15 is 0 Å².